The molecule has 0 aromatic rings. The molecule has 164 valence electrons. The SMILES string of the molecule is OCCCNCCN(CCOCCCC1=CC=CC1)CCOCCC1=CC=CC1. The van der Waals surface area contributed by atoms with Crippen LogP contribution in [0.1, 0.15) is 38.5 Å². The first-order valence-corrected chi connectivity index (χ1v) is 11.3. The Morgan fingerprint density at radius 2 is 1.48 bits per heavy atom. The molecule has 2 rings (SSSR count). The summed E-state index contributed by atoms with van der Waals surface area (Å²) >= 11 is 0. The molecule has 0 saturated heterocycles. The number of hydrogen-bond donors (Lipinski definition) is 2. The van der Waals surface area contributed by atoms with E-state index in [4.69, 9.17) is 14.6 Å². The molecular weight excluding hydrogens is 364 g/mol. The van der Waals surface area contributed by atoms with E-state index in [0.717, 1.165) is 97.7 Å². The van der Waals surface area contributed by atoms with Crippen LogP contribution >= 0.6 is 0 Å². The first-order chi connectivity index (χ1) is 14.4. The van der Waals surface area contributed by atoms with Gasteiger partial charge < -0.3 is 19.9 Å². The first kappa shape index (κ1) is 24.0. The zero-order chi connectivity index (χ0) is 20.4. The molecule has 0 fully saturated rings. The maximum absolute atomic E-state index is 8.88. The lowest BCUT2D eigenvalue weighted by atomic mass is 10.1. The van der Waals surface area contributed by atoms with Crippen LogP contribution in [0.15, 0.2) is 47.6 Å². The summed E-state index contributed by atoms with van der Waals surface area (Å²) in [7, 11) is 0. The van der Waals surface area contributed by atoms with Crippen molar-refractivity contribution in [3.63, 3.8) is 0 Å². The predicted molar refractivity (Wildman–Crippen MR) is 120 cm³/mol. The van der Waals surface area contributed by atoms with E-state index >= 15 is 0 Å². The summed E-state index contributed by atoms with van der Waals surface area (Å²) in [5.74, 6) is 0. The molecule has 2 aliphatic carbocycles. The fraction of sp³-hybridized carbons (Fsp3) is 0.667. The Balaban J connectivity index is 1.51. The highest BCUT2D eigenvalue weighted by atomic mass is 16.5. The lowest BCUT2D eigenvalue weighted by molar-refractivity contribution is 0.0750. The number of allylic oxidation sites excluding steroid dienone is 7. The van der Waals surface area contributed by atoms with Crippen LogP contribution in [-0.2, 0) is 9.47 Å². The fourth-order valence-electron chi connectivity index (χ4n) is 3.45. The molecule has 5 heteroatoms. The Morgan fingerprint density at radius 3 is 2.14 bits per heavy atom. The molecule has 5 nitrogen and oxygen atoms in total. The van der Waals surface area contributed by atoms with Gasteiger partial charge in [0, 0.05) is 39.4 Å². The first-order valence-electron chi connectivity index (χ1n) is 11.3. The molecule has 0 aromatic heterocycles. The van der Waals surface area contributed by atoms with Gasteiger partial charge in [-0.3, -0.25) is 4.90 Å². The minimum Gasteiger partial charge on any atom is -0.396 e. The zero-order valence-corrected chi connectivity index (χ0v) is 18.0. The van der Waals surface area contributed by atoms with Gasteiger partial charge >= 0.3 is 0 Å². The van der Waals surface area contributed by atoms with Gasteiger partial charge in [0.1, 0.15) is 0 Å². The second kappa shape index (κ2) is 16.5. The highest BCUT2D eigenvalue weighted by Gasteiger charge is 2.06. The Bertz CT molecular complexity index is 540. The molecule has 0 amide bonds. The van der Waals surface area contributed by atoms with Crippen molar-refractivity contribution >= 4 is 0 Å². The highest BCUT2D eigenvalue weighted by Crippen LogP contribution is 2.16. The molecule has 2 aliphatic rings. The average molecular weight is 405 g/mol. The van der Waals surface area contributed by atoms with E-state index in [1.54, 1.807) is 0 Å². The van der Waals surface area contributed by atoms with Gasteiger partial charge in [-0.2, -0.15) is 0 Å². The molecule has 0 aliphatic heterocycles. The Kier molecular flexibility index (Phi) is 13.7. The third-order valence-corrected chi connectivity index (χ3v) is 5.27. The lowest BCUT2D eigenvalue weighted by Gasteiger charge is -2.22. The molecule has 0 spiro atoms. The molecule has 2 N–H and O–H groups in total. The van der Waals surface area contributed by atoms with Gasteiger partial charge in [-0.15, -0.1) is 0 Å². The Morgan fingerprint density at radius 1 is 0.793 bits per heavy atom. The Labute approximate surface area is 177 Å². The van der Waals surface area contributed by atoms with E-state index in [1.807, 2.05) is 0 Å². The summed E-state index contributed by atoms with van der Waals surface area (Å²) in [5, 5.41) is 12.3. The molecule has 0 unspecified atom stereocenters. The minimum absolute atomic E-state index is 0.247. The number of aliphatic hydroxyl groups is 1. The van der Waals surface area contributed by atoms with Crippen molar-refractivity contribution in [2.24, 2.45) is 0 Å². The van der Waals surface area contributed by atoms with E-state index < -0.39 is 0 Å². The van der Waals surface area contributed by atoms with Crippen molar-refractivity contribution in [2.45, 2.75) is 38.5 Å². The lowest BCUT2D eigenvalue weighted by Crippen LogP contribution is -2.37. The molecule has 0 heterocycles. The smallest absolute Gasteiger partial charge is 0.0593 e. The normalized spacial score (nSPS) is 15.5. The van der Waals surface area contributed by atoms with E-state index in [-0.39, 0.29) is 6.61 Å². The molecule has 29 heavy (non-hydrogen) atoms. The van der Waals surface area contributed by atoms with Crippen LogP contribution in [0.5, 0.6) is 0 Å². The van der Waals surface area contributed by atoms with Crippen LogP contribution in [0.4, 0.5) is 0 Å². The fourth-order valence-corrected chi connectivity index (χ4v) is 3.45. The van der Waals surface area contributed by atoms with Gasteiger partial charge in [-0.1, -0.05) is 47.6 Å². The number of hydrogen-bond acceptors (Lipinski definition) is 5. The second-order valence-electron chi connectivity index (χ2n) is 7.66. The van der Waals surface area contributed by atoms with Crippen LogP contribution in [0.2, 0.25) is 0 Å². The van der Waals surface area contributed by atoms with Crippen molar-refractivity contribution in [1.29, 1.82) is 0 Å². The van der Waals surface area contributed by atoms with Crippen LogP contribution < -0.4 is 5.32 Å². The monoisotopic (exact) mass is 404 g/mol. The van der Waals surface area contributed by atoms with Crippen LogP contribution in [0, 0.1) is 0 Å². The quantitative estimate of drug-likeness (QED) is 0.324. The van der Waals surface area contributed by atoms with E-state index in [2.05, 4.69) is 46.7 Å². The van der Waals surface area contributed by atoms with Crippen LogP contribution in [-0.4, -0.2) is 75.8 Å². The highest BCUT2D eigenvalue weighted by molar-refractivity contribution is 5.23. The van der Waals surface area contributed by atoms with Crippen LogP contribution in [0.25, 0.3) is 0 Å². The average Bonchev–Trinajstić information content (AvgIpc) is 3.43. The molecule has 0 saturated carbocycles. The predicted octanol–water partition coefficient (Wildman–Crippen LogP) is 3.24. The third kappa shape index (κ3) is 12.1. The summed E-state index contributed by atoms with van der Waals surface area (Å²) in [6.45, 7) is 8.06. The van der Waals surface area contributed by atoms with E-state index in [0.29, 0.717) is 0 Å². The summed E-state index contributed by atoms with van der Waals surface area (Å²) < 4.78 is 11.7. The molecule has 0 radical (unpaired) electrons. The number of nitrogens with zero attached hydrogens (tertiary/aromatic N) is 1. The zero-order valence-electron chi connectivity index (χ0n) is 18.0. The van der Waals surface area contributed by atoms with Gasteiger partial charge in [0.15, 0.2) is 0 Å². The summed E-state index contributed by atoms with van der Waals surface area (Å²) in [6, 6.07) is 0. The summed E-state index contributed by atoms with van der Waals surface area (Å²) in [4.78, 5) is 2.41. The van der Waals surface area contributed by atoms with Gasteiger partial charge in [-0.05, 0) is 45.1 Å². The van der Waals surface area contributed by atoms with E-state index in [9.17, 15) is 0 Å². The third-order valence-electron chi connectivity index (χ3n) is 5.27. The number of ether oxygens (including phenoxy) is 2. The van der Waals surface area contributed by atoms with Gasteiger partial charge in [0.2, 0.25) is 0 Å². The van der Waals surface area contributed by atoms with Gasteiger partial charge in [-0.25, -0.2) is 0 Å². The molecule has 0 aromatic carbocycles. The van der Waals surface area contributed by atoms with Crippen molar-refractivity contribution in [2.75, 3.05) is 65.8 Å². The van der Waals surface area contributed by atoms with E-state index in [1.165, 1.54) is 11.1 Å². The van der Waals surface area contributed by atoms with Gasteiger partial charge in [0.05, 0.1) is 19.8 Å². The van der Waals surface area contributed by atoms with Crippen molar-refractivity contribution in [3.05, 3.63) is 47.6 Å². The standard InChI is InChI=1S/C24H40N2O3/c27-18-6-13-25-14-15-26(17-22-29-20-12-24-9-3-4-10-24)16-21-28-19-5-11-23-7-1-2-8-23/h1-4,7,9,25,27H,5-6,8,10-22H2. The number of rotatable bonds is 19. The number of nitrogens with one attached hydrogen (secondary N) is 1. The maximum Gasteiger partial charge on any atom is 0.0593 e. The largest absolute Gasteiger partial charge is 0.396 e. The molecular formula is C24H40N2O3. The van der Waals surface area contributed by atoms with Crippen LogP contribution in [0.3, 0.4) is 0 Å². The maximum atomic E-state index is 8.88. The molecule has 0 atom stereocenters. The van der Waals surface area contributed by atoms with Crippen molar-refractivity contribution in [3.8, 4) is 0 Å². The summed E-state index contributed by atoms with van der Waals surface area (Å²) in [5.41, 5.74) is 2.98. The molecule has 0 bridgehead atoms. The topological polar surface area (TPSA) is 54.0 Å². The van der Waals surface area contributed by atoms with Crippen molar-refractivity contribution < 1.29 is 14.6 Å². The minimum atomic E-state index is 0.247. The number of aliphatic hydroxyl groups excluding tert-OH is 1. The Hall–Kier alpha value is -1.24. The summed E-state index contributed by atoms with van der Waals surface area (Å²) in [6.07, 6.45) is 19.4. The van der Waals surface area contributed by atoms with Gasteiger partial charge in [0.25, 0.3) is 0 Å². The second-order valence-corrected chi connectivity index (χ2v) is 7.66. The van der Waals surface area contributed by atoms with Crippen molar-refractivity contribution in [1.82, 2.24) is 10.2 Å².